The minimum Gasteiger partial charge on any atom is -0.396 e. The number of aliphatic hydroxyl groups excluding tert-OH is 1. The summed E-state index contributed by atoms with van der Waals surface area (Å²) in [4.78, 5) is 8.31. The van der Waals surface area contributed by atoms with Crippen molar-refractivity contribution in [2.75, 3.05) is 30.8 Å². The summed E-state index contributed by atoms with van der Waals surface area (Å²) in [6, 6.07) is 0. The van der Waals surface area contributed by atoms with Gasteiger partial charge < -0.3 is 15.7 Å². The largest absolute Gasteiger partial charge is 0.396 e. The second kappa shape index (κ2) is 6.89. The first kappa shape index (κ1) is 15.2. The molecule has 1 rings (SSSR count). The molecule has 0 aliphatic rings. The zero-order valence-electron chi connectivity index (χ0n) is 11.1. The molecule has 102 valence electrons. The number of aromatic nitrogens is 2. The number of halogens is 1. The van der Waals surface area contributed by atoms with Crippen LogP contribution in [0.15, 0.2) is 10.8 Å². The third-order valence-electron chi connectivity index (χ3n) is 3.49. The number of nitrogens with zero attached hydrogens (tertiary/aromatic N) is 2. The van der Waals surface area contributed by atoms with Gasteiger partial charge in [0, 0.05) is 19.0 Å². The molecule has 3 N–H and O–H groups in total. The van der Waals surface area contributed by atoms with Crippen molar-refractivity contribution in [3.63, 3.8) is 0 Å². The van der Waals surface area contributed by atoms with Crippen LogP contribution in [0.5, 0.6) is 0 Å². The van der Waals surface area contributed by atoms with Crippen LogP contribution in [0.2, 0.25) is 0 Å². The van der Waals surface area contributed by atoms with E-state index in [2.05, 4.69) is 50.4 Å². The standard InChI is InChI=1S/C12H21BrN4O/c1-4-12(5-2,7-18)6-15-11-9(13)10(14-3)16-8-17-11/h8,18H,4-7H2,1-3H3,(H2,14,15,16,17). The van der Waals surface area contributed by atoms with Crippen LogP contribution in [0.25, 0.3) is 0 Å². The Balaban J connectivity index is 2.79. The normalized spacial score (nSPS) is 11.4. The fraction of sp³-hybridized carbons (Fsp3) is 0.667. The monoisotopic (exact) mass is 316 g/mol. The fourth-order valence-corrected chi connectivity index (χ4v) is 2.26. The maximum Gasteiger partial charge on any atom is 0.145 e. The summed E-state index contributed by atoms with van der Waals surface area (Å²) in [5, 5.41) is 15.8. The molecule has 0 radical (unpaired) electrons. The van der Waals surface area contributed by atoms with Crippen molar-refractivity contribution in [2.24, 2.45) is 5.41 Å². The summed E-state index contributed by atoms with van der Waals surface area (Å²) in [7, 11) is 1.81. The van der Waals surface area contributed by atoms with Gasteiger partial charge in [-0.2, -0.15) is 0 Å². The SMILES string of the molecule is CCC(CC)(CO)CNc1ncnc(NC)c1Br. The van der Waals surface area contributed by atoms with E-state index in [0.717, 1.165) is 29.0 Å². The molecule has 5 nitrogen and oxygen atoms in total. The van der Waals surface area contributed by atoms with Crippen LogP contribution >= 0.6 is 15.9 Å². The van der Waals surface area contributed by atoms with Crippen LogP contribution in [0.4, 0.5) is 11.6 Å². The van der Waals surface area contributed by atoms with Gasteiger partial charge in [-0.15, -0.1) is 0 Å². The Kier molecular flexibility index (Phi) is 5.81. The van der Waals surface area contributed by atoms with Crippen molar-refractivity contribution < 1.29 is 5.11 Å². The van der Waals surface area contributed by atoms with Gasteiger partial charge >= 0.3 is 0 Å². The number of hydrogen-bond acceptors (Lipinski definition) is 5. The van der Waals surface area contributed by atoms with E-state index in [1.807, 2.05) is 7.05 Å². The molecule has 1 aromatic rings. The zero-order chi connectivity index (χ0) is 13.6. The molecule has 0 fully saturated rings. The van der Waals surface area contributed by atoms with E-state index < -0.39 is 0 Å². The Labute approximate surface area is 117 Å². The summed E-state index contributed by atoms with van der Waals surface area (Å²) in [6.45, 7) is 5.05. The van der Waals surface area contributed by atoms with E-state index in [-0.39, 0.29) is 12.0 Å². The quantitative estimate of drug-likeness (QED) is 0.721. The Morgan fingerprint density at radius 3 is 2.39 bits per heavy atom. The average Bonchev–Trinajstić information content (AvgIpc) is 2.42. The molecular weight excluding hydrogens is 296 g/mol. The molecule has 0 bridgehead atoms. The summed E-state index contributed by atoms with van der Waals surface area (Å²) < 4.78 is 0.812. The van der Waals surface area contributed by atoms with Crippen LogP contribution in [0, 0.1) is 5.41 Å². The summed E-state index contributed by atoms with van der Waals surface area (Å²) in [6.07, 6.45) is 3.36. The molecule has 0 atom stereocenters. The first-order chi connectivity index (χ1) is 8.62. The third kappa shape index (κ3) is 3.32. The first-order valence-corrected chi connectivity index (χ1v) is 6.94. The highest BCUT2D eigenvalue weighted by Crippen LogP contribution is 2.29. The van der Waals surface area contributed by atoms with E-state index in [1.54, 1.807) is 0 Å². The Hall–Kier alpha value is -0.880. The van der Waals surface area contributed by atoms with Crippen LogP contribution in [0.3, 0.4) is 0 Å². The summed E-state index contributed by atoms with van der Waals surface area (Å²) in [5.41, 5.74) is -0.0931. The minimum atomic E-state index is -0.0931. The highest BCUT2D eigenvalue weighted by Gasteiger charge is 2.25. The van der Waals surface area contributed by atoms with Crippen LogP contribution in [-0.4, -0.2) is 35.3 Å². The number of aliphatic hydroxyl groups is 1. The highest BCUT2D eigenvalue weighted by molar-refractivity contribution is 9.10. The maximum atomic E-state index is 9.53. The molecule has 0 spiro atoms. The van der Waals surface area contributed by atoms with Crippen LogP contribution in [-0.2, 0) is 0 Å². The van der Waals surface area contributed by atoms with Gasteiger partial charge in [0.25, 0.3) is 0 Å². The van der Waals surface area contributed by atoms with E-state index >= 15 is 0 Å². The van der Waals surface area contributed by atoms with Crippen molar-refractivity contribution in [1.82, 2.24) is 9.97 Å². The van der Waals surface area contributed by atoms with Gasteiger partial charge in [0.1, 0.15) is 22.4 Å². The minimum absolute atomic E-state index is 0.0931. The van der Waals surface area contributed by atoms with Gasteiger partial charge in [-0.1, -0.05) is 13.8 Å². The second-order valence-corrected chi connectivity index (χ2v) is 5.15. The third-order valence-corrected chi connectivity index (χ3v) is 4.24. The van der Waals surface area contributed by atoms with Crippen molar-refractivity contribution in [2.45, 2.75) is 26.7 Å². The number of anilines is 2. The summed E-state index contributed by atoms with van der Waals surface area (Å²) >= 11 is 3.46. The molecule has 1 aromatic heterocycles. The van der Waals surface area contributed by atoms with E-state index in [9.17, 15) is 5.11 Å². The molecule has 0 aliphatic heterocycles. The summed E-state index contributed by atoms with van der Waals surface area (Å²) in [5.74, 6) is 1.49. The molecule has 18 heavy (non-hydrogen) atoms. The maximum absolute atomic E-state index is 9.53. The van der Waals surface area contributed by atoms with Crippen LogP contribution in [0.1, 0.15) is 26.7 Å². The molecule has 6 heteroatoms. The van der Waals surface area contributed by atoms with Crippen molar-refractivity contribution in [1.29, 1.82) is 0 Å². The van der Waals surface area contributed by atoms with E-state index in [1.165, 1.54) is 6.33 Å². The van der Waals surface area contributed by atoms with E-state index in [4.69, 9.17) is 0 Å². The predicted molar refractivity (Wildman–Crippen MR) is 77.9 cm³/mol. The Morgan fingerprint density at radius 1 is 1.28 bits per heavy atom. The Morgan fingerprint density at radius 2 is 1.89 bits per heavy atom. The van der Waals surface area contributed by atoms with Gasteiger partial charge in [-0.25, -0.2) is 9.97 Å². The zero-order valence-corrected chi connectivity index (χ0v) is 12.7. The predicted octanol–water partition coefficient (Wildman–Crippen LogP) is 2.49. The van der Waals surface area contributed by atoms with Gasteiger partial charge in [0.15, 0.2) is 0 Å². The molecule has 0 saturated heterocycles. The molecule has 1 heterocycles. The molecule has 0 unspecified atom stereocenters. The fourth-order valence-electron chi connectivity index (χ4n) is 1.72. The number of rotatable bonds is 7. The molecule has 0 aliphatic carbocycles. The van der Waals surface area contributed by atoms with Crippen molar-refractivity contribution in [3.8, 4) is 0 Å². The molecular formula is C12H21BrN4O. The van der Waals surface area contributed by atoms with E-state index in [0.29, 0.717) is 6.54 Å². The average molecular weight is 317 g/mol. The Bertz CT molecular complexity index is 374. The van der Waals surface area contributed by atoms with Gasteiger partial charge in [0.05, 0.1) is 6.61 Å². The van der Waals surface area contributed by atoms with Crippen LogP contribution < -0.4 is 10.6 Å². The van der Waals surface area contributed by atoms with Gasteiger partial charge in [0.2, 0.25) is 0 Å². The first-order valence-electron chi connectivity index (χ1n) is 6.15. The second-order valence-electron chi connectivity index (χ2n) is 4.35. The molecule has 0 saturated carbocycles. The lowest BCUT2D eigenvalue weighted by molar-refractivity contribution is 0.127. The number of hydrogen-bond donors (Lipinski definition) is 3. The van der Waals surface area contributed by atoms with Gasteiger partial charge in [-0.05, 0) is 28.8 Å². The smallest absolute Gasteiger partial charge is 0.145 e. The van der Waals surface area contributed by atoms with Gasteiger partial charge in [-0.3, -0.25) is 0 Å². The molecule has 0 amide bonds. The lowest BCUT2D eigenvalue weighted by atomic mass is 9.83. The highest BCUT2D eigenvalue weighted by atomic mass is 79.9. The lowest BCUT2D eigenvalue weighted by Crippen LogP contribution is -2.32. The molecule has 0 aromatic carbocycles. The topological polar surface area (TPSA) is 70.1 Å². The van der Waals surface area contributed by atoms with Crippen molar-refractivity contribution in [3.05, 3.63) is 10.8 Å². The number of nitrogens with one attached hydrogen (secondary N) is 2. The lowest BCUT2D eigenvalue weighted by Gasteiger charge is -2.29. The van der Waals surface area contributed by atoms with Crippen molar-refractivity contribution >= 4 is 27.6 Å².